The lowest BCUT2D eigenvalue weighted by molar-refractivity contribution is 0.313. The molecule has 1 fully saturated rings. The molecule has 0 radical (unpaired) electrons. The third-order valence-electron chi connectivity index (χ3n) is 6.69. The largest absolute Gasteiger partial charge is 0.368 e. The normalized spacial score (nSPS) is 16.1. The van der Waals surface area contributed by atoms with Gasteiger partial charge in [0.1, 0.15) is 11.6 Å². The number of likely N-dealkylation sites (N-methyl/N-ethyl adjacent to an activating group) is 1. The number of rotatable bonds is 5. The molecule has 0 unspecified atom stereocenters. The minimum absolute atomic E-state index is 0.365. The maximum Gasteiger partial charge on any atom is 0.132 e. The summed E-state index contributed by atoms with van der Waals surface area (Å²) in [6.45, 7) is 4.57. The standard InChI is InChI=1S/C28H25ClFN7/c1-36-10-12-37(13-11-36)20-3-7-27(33-17-20)34-19-15-26-25(32-16-19)6-5-24(35-26)21-8-9-31-28(21)22-14-18(29)2-4-23(22)30/h2-8,14-17H,9-13H2,1H3,(H,33,34). The van der Waals surface area contributed by atoms with Gasteiger partial charge < -0.3 is 15.1 Å². The first-order chi connectivity index (χ1) is 18.0. The quantitative estimate of drug-likeness (QED) is 0.395. The van der Waals surface area contributed by atoms with Crippen LogP contribution >= 0.6 is 11.6 Å². The van der Waals surface area contributed by atoms with Crippen molar-refractivity contribution in [3.05, 3.63) is 89.1 Å². The molecule has 0 bridgehead atoms. The number of piperazine rings is 1. The van der Waals surface area contributed by atoms with E-state index in [1.54, 1.807) is 12.3 Å². The minimum Gasteiger partial charge on any atom is -0.368 e. The summed E-state index contributed by atoms with van der Waals surface area (Å²) in [4.78, 5) is 23.2. The van der Waals surface area contributed by atoms with Gasteiger partial charge in [0, 0.05) is 42.3 Å². The fourth-order valence-electron chi connectivity index (χ4n) is 4.63. The summed E-state index contributed by atoms with van der Waals surface area (Å²) in [5.74, 6) is 0.371. The molecule has 2 aliphatic heterocycles. The fourth-order valence-corrected chi connectivity index (χ4v) is 4.80. The molecular weight excluding hydrogens is 489 g/mol. The third-order valence-corrected chi connectivity index (χ3v) is 6.92. The van der Waals surface area contributed by atoms with Gasteiger partial charge in [-0.05, 0) is 55.6 Å². The van der Waals surface area contributed by atoms with Gasteiger partial charge in [-0.25, -0.2) is 14.4 Å². The molecule has 4 aromatic rings. The number of hydrogen-bond donors (Lipinski definition) is 1. The molecule has 1 saturated heterocycles. The van der Waals surface area contributed by atoms with E-state index < -0.39 is 0 Å². The highest BCUT2D eigenvalue weighted by atomic mass is 35.5. The molecule has 0 saturated carbocycles. The van der Waals surface area contributed by atoms with E-state index in [4.69, 9.17) is 16.6 Å². The molecular formula is C28H25ClFN7. The second-order valence-corrected chi connectivity index (χ2v) is 9.64. The van der Waals surface area contributed by atoms with Crippen LogP contribution in [-0.4, -0.2) is 65.3 Å². The lowest BCUT2D eigenvalue weighted by Gasteiger charge is -2.33. The molecule has 3 aromatic heterocycles. The molecule has 186 valence electrons. The first-order valence-electron chi connectivity index (χ1n) is 12.2. The smallest absolute Gasteiger partial charge is 0.132 e. The van der Waals surface area contributed by atoms with Crippen LogP contribution in [0.1, 0.15) is 11.3 Å². The first-order valence-corrected chi connectivity index (χ1v) is 12.6. The number of nitrogens with zero attached hydrogens (tertiary/aromatic N) is 6. The minimum atomic E-state index is -0.365. The molecule has 6 rings (SSSR count). The van der Waals surface area contributed by atoms with Crippen molar-refractivity contribution in [2.45, 2.75) is 0 Å². The van der Waals surface area contributed by atoms with Gasteiger partial charge >= 0.3 is 0 Å². The Morgan fingerprint density at radius 2 is 1.78 bits per heavy atom. The highest BCUT2D eigenvalue weighted by molar-refractivity contribution is 6.35. The van der Waals surface area contributed by atoms with Gasteiger partial charge in [0.2, 0.25) is 0 Å². The van der Waals surface area contributed by atoms with Crippen molar-refractivity contribution in [3.8, 4) is 0 Å². The van der Waals surface area contributed by atoms with E-state index in [1.165, 1.54) is 12.1 Å². The number of anilines is 3. The predicted molar refractivity (Wildman–Crippen MR) is 148 cm³/mol. The number of aliphatic imine (C=N–C) groups is 1. The van der Waals surface area contributed by atoms with Crippen molar-refractivity contribution in [2.24, 2.45) is 4.99 Å². The van der Waals surface area contributed by atoms with Crippen LogP contribution in [0.2, 0.25) is 5.02 Å². The zero-order valence-electron chi connectivity index (χ0n) is 20.3. The van der Waals surface area contributed by atoms with E-state index >= 15 is 0 Å². The van der Waals surface area contributed by atoms with Crippen LogP contribution in [0.3, 0.4) is 0 Å². The van der Waals surface area contributed by atoms with Gasteiger partial charge in [0.05, 0.1) is 52.8 Å². The van der Waals surface area contributed by atoms with E-state index in [0.29, 0.717) is 28.5 Å². The maximum absolute atomic E-state index is 14.6. The molecule has 9 heteroatoms. The Morgan fingerprint density at radius 3 is 2.59 bits per heavy atom. The maximum atomic E-state index is 14.6. The summed E-state index contributed by atoms with van der Waals surface area (Å²) in [7, 11) is 2.15. The number of fused-ring (bicyclic) bond motifs is 1. The van der Waals surface area contributed by atoms with Gasteiger partial charge in [0.15, 0.2) is 0 Å². The Labute approximate surface area is 219 Å². The topological polar surface area (TPSA) is 69.5 Å². The molecule has 1 aromatic carbocycles. The van der Waals surface area contributed by atoms with Gasteiger partial charge in [-0.2, -0.15) is 0 Å². The van der Waals surface area contributed by atoms with Crippen LogP contribution in [0.5, 0.6) is 0 Å². The van der Waals surface area contributed by atoms with Crippen molar-refractivity contribution in [1.29, 1.82) is 0 Å². The van der Waals surface area contributed by atoms with E-state index in [-0.39, 0.29) is 5.82 Å². The summed E-state index contributed by atoms with van der Waals surface area (Å²) >= 11 is 6.12. The first kappa shape index (κ1) is 23.5. The number of hydrogen-bond acceptors (Lipinski definition) is 7. The average molecular weight is 514 g/mol. The van der Waals surface area contributed by atoms with Crippen molar-refractivity contribution >= 4 is 51.1 Å². The Balaban J connectivity index is 1.23. The van der Waals surface area contributed by atoms with Crippen molar-refractivity contribution < 1.29 is 4.39 Å². The van der Waals surface area contributed by atoms with Crippen LogP contribution in [0.15, 0.2) is 72.0 Å². The molecule has 0 aliphatic carbocycles. The molecule has 37 heavy (non-hydrogen) atoms. The second kappa shape index (κ2) is 9.88. The van der Waals surface area contributed by atoms with Crippen molar-refractivity contribution in [2.75, 3.05) is 50.0 Å². The van der Waals surface area contributed by atoms with Crippen LogP contribution in [0.25, 0.3) is 16.6 Å². The molecule has 2 aliphatic rings. The molecule has 0 spiro atoms. The highest BCUT2D eigenvalue weighted by Gasteiger charge is 2.21. The summed E-state index contributed by atoms with van der Waals surface area (Å²) in [6, 6.07) is 14.3. The lowest BCUT2D eigenvalue weighted by Crippen LogP contribution is -2.44. The Bertz CT molecular complexity index is 1530. The van der Waals surface area contributed by atoms with Gasteiger partial charge in [0.25, 0.3) is 0 Å². The van der Waals surface area contributed by atoms with E-state index in [2.05, 4.69) is 43.2 Å². The molecule has 5 heterocycles. The Hall–Kier alpha value is -3.88. The highest BCUT2D eigenvalue weighted by Crippen LogP contribution is 2.28. The number of nitrogens with one attached hydrogen (secondary N) is 1. The van der Waals surface area contributed by atoms with E-state index in [9.17, 15) is 4.39 Å². The number of halogens is 2. The van der Waals surface area contributed by atoms with Crippen LogP contribution in [0, 0.1) is 5.82 Å². The monoisotopic (exact) mass is 513 g/mol. The zero-order valence-corrected chi connectivity index (χ0v) is 21.1. The molecule has 0 amide bonds. The van der Waals surface area contributed by atoms with Crippen LogP contribution < -0.4 is 10.2 Å². The summed E-state index contributed by atoms with van der Waals surface area (Å²) < 4.78 is 14.6. The zero-order chi connectivity index (χ0) is 25.4. The average Bonchev–Trinajstić information content (AvgIpc) is 3.40. The van der Waals surface area contributed by atoms with Gasteiger partial charge in [-0.1, -0.05) is 17.7 Å². The van der Waals surface area contributed by atoms with E-state index in [1.807, 2.05) is 36.5 Å². The van der Waals surface area contributed by atoms with Gasteiger partial charge in [-0.3, -0.25) is 9.98 Å². The Morgan fingerprint density at radius 1 is 0.919 bits per heavy atom. The number of aromatic nitrogens is 3. The molecule has 7 nitrogen and oxygen atoms in total. The fraction of sp³-hybridized carbons (Fsp3) is 0.214. The van der Waals surface area contributed by atoms with E-state index in [0.717, 1.165) is 60.0 Å². The van der Waals surface area contributed by atoms with Gasteiger partial charge in [-0.15, -0.1) is 0 Å². The van der Waals surface area contributed by atoms with Crippen LogP contribution in [-0.2, 0) is 0 Å². The Kier molecular flexibility index (Phi) is 6.28. The SMILES string of the molecule is CN1CCN(c2ccc(Nc3cnc4ccc(C5=CCN=C5c5cc(Cl)ccc5F)nc4c3)nc2)CC1. The number of benzene rings is 1. The second-order valence-electron chi connectivity index (χ2n) is 9.21. The van der Waals surface area contributed by atoms with Crippen molar-refractivity contribution in [3.63, 3.8) is 0 Å². The molecule has 0 atom stereocenters. The summed E-state index contributed by atoms with van der Waals surface area (Å²) in [6.07, 6.45) is 5.62. The predicted octanol–water partition coefficient (Wildman–Crippen LogP) is 5.20. The third kappa shape index (κ3) is 4.90. The van der Waals surface area contributed by atoms with Crippen LogP contribution in [0.4, 0.5) is 21.6 Å². The van der Waals surface area contributed by atoms with Crippen molar-refractivity contribution in [1.82, 2.24) is 19.9 Å². The number of allylic oxidation sites excluding steroid dienone is 1. The summed E-state index contributed by atoms with van der Waals surface area (Å²) in [5, 5.41) is 3.79. The molecule has 1 N–H and O–H groups in total. The number of pyridine rings is 3. The lowest BCUT2D eigenvalue weighted by atomic mass is 10.00. The summed E-state index contributed by atoms with van der Waals surface area (Å²) in [5.41, 5.74) is 5.80.